The Labute approximate surface area is 109 Å². The van der Waals surface area contributed by atoms with Crippen molar-refractivity contribution in [2.75, 3.05) is 0 Å². The van der Waals surface area contributed by atoms with E-state index in [1.807, 2.05) is 60.7 Å². The van der Waals surface area contributed by atoms with Crippen LogP contribution in [-0.2, 0) is 0 Å². The predicted octanol–water partition coefficient (Wildman–Crippen LogP) is 4.85. The predicted molar refractivity (Wildman–Crippen MR) is 76.3 cm³/mol. The van der Waals surface area contributed by atoms with Gasteiger partial charge < -0.3 is 4.74 Å². The Hall–Kier alpha value is -1.12. The first-order valence-electron chi connectivity index (χ1n) is 5.96. The van der Waals surface area contributed by atoms with Crippen LogP contribution in [0.1, 0.15) is 0 Å². The molecule has 0 radical (unpaired) electrons. The van der Waals surface area contributed by atoms with Gasteiger partial charge in [0.2, 0.25) is 0 Å². The zero-order chi connectivity index (χ0) is 12.5. The average Bonchev–Trinajstić information content (AvgIpc) is 2.31. The van der Waals surface area contributed by atoms with Crippen molar-refractivity contribution in [3.05, 3.63) is 60.7 Å². The van der Waals surface area contributed by atoms with Gasteiger partial charge in [0.05, 0.1) is 0 Å². The fourth-order valence-corrected chi connectivity index (χ4v) is 1.11. The first-order valence-corrected chi connectivity index (χ1v) is 13.2. The second kappa shape index (κ2) is 8.04. The van der Waals surface area contributed by atoms with Crippen LogP contribution in [0.15, 0.2) is 60.7 Å². The molecule has 2 aromatic carbocycles. The zero-order valence-electron chi connectivity index (χ0n) is 10.8. The van der Waals surface area contributed by atoms with Crippen molar-refractivity contribution in [3.63, 3.8) is 0 Å². The van der Waals surface area contributed by atoms with Crippen molar-refractivity contribution in [2.45, 2.75) is 16.4 Å². The van der Waals surface area contributed by atoms with Crippen molar-refractivity contribution in [2.24, 2.45) is 0 Å². The minimum atomic E-state index is -0.479. The summed E-state index contributed by atoms with van der Waals surface area (Å²) >= 11 is -0.479. The van der Waals surface area contributed by atoms with Crippen LogP contribution in [0, 0.1) is 0 Å². The van der Waals surface area contributed by atoms with E-state index in [9.17, 15) is 0 Å². The van der Waals surface area contributed by atoms with E-state index in [0.717, 1.165) is 11.5 Å². The molecule has 17 heavy (non-hydrogen) atoms. The van der Waals surface area contributed by atoms with Gasteiger partial charge in [0.25, 0.3) is 0 Å². The van der Waals surface area contributed by atoms with E-state index in [2.05, 4.69) is 16.4 Å². The molecule has 2 rings (SSSR count). The molecule has 0 unspecified atom stereocenters. The first-order chi connectivity index (χ1) is 8.18. The normalized spacial score (nSPS) is 8.88. The van der Waals surface area contributed by atoms with Gasteiger partial charge in [-0.15, -0.1) is 0 Å². The second-order valence-corrected chi connectivity index (χ2v) is 11.7. The van der Waals surface area contributed by atoms with Gasteiger partial charge in [0.15, 0.2) is 0 Å². The van der Waals surface area contributed by atoms with Crippen molar-refractivity contribution in [1.82, 2.24) is 0 Å². The summed E-state index contributed by atoms with van der Waals surface area (Å²) in [5.41, 5.74) is 7.06. The molecule has 2 aromatic rings. The molecule has 0 aromatic heterocycles. The van der Waals surface area contributed by atoms with Gasteiger partial charge in [-0.3, -0.25) is 0 Å². The Morgan fingerprint density at radius 3 is 1.24 bits per heavy atom. The third kappa shape index (κ3) is 6.92. The third-order valence-electron chi connectivity index (χ3n) is 1.72. The molecule has 0 aliphatic carbocycles. The quantitative estimate of drug-likeness (QED) is 0.717. The molecule has 0 saturated heterocycles. The molecule has 0 aliphatic rings. The zero-order valence-corrected chi connectivity index (χ0v) is 13.2. The standard InChI is InChI=1S/C12H10O.3CH3.Ga/c1-3-7-11(8-4-1)13-12-9-5-2-6-10-12;;;;/h1-10H;3*1H3;. The van der Waals surface area contributed by atoms with E-state index in [0.29, 0.717) is 0 Å². The third-order valence-corrected chi connectivity index (χ3v) is 1.72. The molecule has 0 N–H and O–H groups in total. The van der Waals surface area contributed by atoms with Gasteiger partial charge in [-0.05, 0) is 24.3 Å². The molecule has 88 valence electrons. The molecule has 0 atom stereocenters. The van der Waals surface area contributed by atoms with Crippen LogP contribution in [0.3, 0.4) is 0 Å². The summed E-state index contributed by atoms with van der Waals surface area (Å²) in [5.74, 6) is 1.74. The summed E-state index contributed by atoms with van der Waals surface area (Å²) in [5, 5.41) is 0. The van der Waals surface area contributed by atoms with Crippen molar-refractivity contribution in [3.8, 4) is 11.5 Å². The summed E-state index contributed by atoms with van der Waals surface area (Å²) in [6.07, 6.45) is 0. The maximum atomic E-state index is 5.58. The number of hydrogen-bond donors (Lipinski definition) is 0. The van der Waals surface area contributed by atoms with Gasteiger partial charge in [-0.1, -0.05) is 36.4 Å². The first kappa shape index (κ1) is 13.9. The monoisotopic (exact) mass is 284 g/mol. The van der Waals surface area contributed by atoms with Crippen LogP contribution in [0.25, 0.3) is 0 Å². The molecule has 0 amide bonds. The number of para-hydroxylation sites is 2. The molecule has 0 aliphatic heterocycles. The summed E-state index contributed by atoms with van der Waals surface area (Å²) < 4.78 is 5.58. The van der Waals surface area contributed by atoms with Gasteiger partial charge >= 0.3 is 32.7 Å². The van der Waals surface area contributed by atoms with E-state index < -0.39 is 16.2 Å². The molecule has 0 fully saturated rings. The van der Waals surface area contributed by atoms with Crippen LogP contribution in [0.2, 0.25) is 16.4 Å². The minimum absolute atomic E-state index is 0.479. The van der Waals surface area contributed by atoms with Gasteiger partial charge in [0, 0.05) is 0 Å². The minimum Gasteiger partial charge on any atom is -0.457 e. The van der Waals surface area contributed by atoms with Crippen LogP contribution >= 0.6 is 0 Å². The largest absolute Gasteiger partial charge is 0.457 e. The van der Waals surface area contributed by atoms with Crippen LogP contribution in [-0.4, -0.2) is 16.2 Å². The smallest absolute Gasteiger partial charge is 0.127 e. The van der Waals surface area contributed by atoms with E-state index >= 15 is 0 Å². The molecule has 1 nitrogen and oxygen atoms in total. The number of rotatable bonds is 2. The summed E-state index contributed by atoms with van der Waals surface area (Å²) in [6.45, 7) is 0. The molecule has 0 saturated carbocycles. The van der Waals surface area contributed by atoms with Crippen LogP contribution in [0.4, 0.5) is 0 Å². The SMILES string of the molecule is [CH3][Ga]([CH3])[CH3].c1ccc(Oc2ccccc2)cc1. The number of ether oxygens (including phenoxy) is 1. The van der Waals surface area contributed by atoms with Crippen LogP contribution in [0.5, 0.6) is 11.5 Å². The molecule has 0 spiro atoms. The molecule has 0 bridgehead atoms. The Kier molecular flexibility index (Phi) is 6.59. The molecule has 0 heterocycles. The number of hydrogen-bond acceptors (Lipinski definition) is 1. The summed E-state index contributed by atoms with van der Waals surface area (Å²) in [7, 11) is 0. The average molecular weight is 285 g/mol. The Balaban J connectivity index is 0.000000317. The molecule has 2 heteroatoms. The van der Waals surface area contributed by atoms with Crippen molar-refractivity contribution >= 4 is 16.2 Å². The maximum Gasteiger partial charge on any atom is 0.127 e. The van der Waals surface area contributed by atoms with Gasteiger partial charge in [-0.2, -0.15) is 0 Å². The summed E-state index contributed by atoms with van der Waals surface area (Å²) in [4.78, 5) is 0. The molecular formula is C15H19GaO. The second-order valence-electron chi connectivity index (χ2n) is 4.46. The van der Waals surface area contributed by atoms with Crippen molar-refractivity contribution in [1.29, 1.82) is 0 Å². The Morgan fingerprint density at radius 2 is 0.941 bits per heavy atom. The fourth-order valence-electron chi connectivity index (χ4n) is 1.11. The number of benzene rings is 2. The topological polar surface area (TPSA) is 9.23 Å². The fraction of sp³-hybridized carbons (Fsp3) is 0.200. The van der Waals surface area contributed by atoms with Gasteiger partial charge in [0.1, 0.15) is 11.5 Å². The summed E-state index contributed by atoms with van der Waals surface area (Å²) in [6, 6.07) is 19.5. The van der Waals surface area contributed by atoms with E-state index in [4.69, 9.17) is 4.74 Å². The van der Waals surface area contributed by atoms with E-state index in [1.165, 1.54) is 0 Å². The Bertz CT molecular complexity index is 358. The van der Waals surface area contributed by atoms with Crippen LogP contribution < -0.4 is 4.74 Å². The van der Waals surface area contributed by atoms with E-state index in [1.54, 1.807) is 0 Å². The maximum absolute atomic E-state index is 5.58. The van der Waals surface area contributed by atoms with Gasteiger partial charge in [-0.25, -0.2) is 0 Å². The molecular weight excluding hydrogens is 266 g/mol. The Morgan fingerprint density at radius 1 is 0.647 bits per heavy atom. The van der Waals surface area contributed by atoms with E-state index in [-0.39, 0.29) is 0 Å². The van der Waals surface area contributed by atoms with Crippen molar-refractivity contribution < 1.29 is 4.74 Å².